The van der Waals surface area contributed by atoms with Gasteiger partial charge in [-0.2, -0.15) is 0 Å². The maximum atomic E-state index is 4.44. The van der Waals surface area contributed by atoms with Gasteiger partial charge in [-0.05, 0) is 17.5 Å². The summed E-state index contributed by atoms with van der Waals surface area (Å²) in [6.07, 6.45) is 3.93. The van der Waals surface area contributed by atoms with Gasteiger partial charge in [-0.3, -0.25) is 0 Å². The lowest BCUT2D eigenvalue weighted by Crippen LogP contribution is -2.30. The summed E-state index contributed by atoms with van der Waals surface area (Å²) < 4.78 is 0. The van der Waals surface area contributed by atoms with Gasteiger partial charge in [-0.1, -0.05) is 31.2 Å². The van der Waals surface area contributed by atoms with Crippen molar-refractivity contribution in [3.05, 3.63) is 53.1 Å². The van der Waals surface area contributed by atoms with Crippen LogP contribution in [0.2, 0.25) is 0 Å². The monoisotopic (exact) mass is 227 g/mol. The summed E-state index contributed by atoms with van der Waals surface area (Å²) in [4.78, 5) is 7.67. The van der Waals surface area contributed by atoms with Crippen molar-refractivity contribution < 1.29 is 0 Å². The third-order valence-corrected chi connectivity index (χ3v) is 3.47. The highest BCUT2D eigenvalue weighted by molar-refractivity contribution is 5.34. The van der Waals surface area contributed by atoms with Crippen molar-refractivity contribution in [1.29, 1.82) is 0 Å². The number of aryl methyl sites for hydroxylation is 1. The highest BCUT2D eigenvalue weighted by Crippen LogP contribution is 2.26. The molecule has 3 nitrogen and oxygen atoms in total. The first-order chi connectivity index (χ1) is 8.38. The Morgan fingerprint density at radius 1 is 1.29 bits per heavy atom. The lowest BCUT2D eigenvalue weighted by atomic mass is 9.97. The van der Waals surface area contributed by atoms with Crippen LogP contribution < -0.4 is 5.32 Å². The number of fused-ring (bicyclic) bond motifs is 1. The van der Waals surface area contributed by atoms with Crippen molar-refractivity contribution in [2.75, 3.05) is 6.54 Å². The number of rotatable bonds is 2. The van der Waals surface area contributed by atoms with Crippen LogP contribution in [0.5, 0.6) is 0 Å². The summed E-state index contributed by atoms with van der Waals surface area (Å²) in [6.45, 7) is 3.19. The fourth-order valence-electron chi connectivity index (χ4n) is 2.44. The Bertz CT molecular complexity index is 498. The van der Waals surface area contributed by atoms with E-state index >= 15 is 0 Å². The first-order valence-corrected chi connectivity index (χ1v) is 6.23. The lowest BCUT2D eigenvalue weighted by molar-refractivity contribution is 0.553. The Kier molecular flexibility index (Phi) is 2.69. The molecule has 0 amide bonds. The van der Waals surface area contributed by atoms with Crippen LogP contribution in [0.15, 0.2) is 30.6 Å². The van der Waals surface area contributed by atoms with Gasteiger partial charge in [-0.25, -0.2) is 4.98 Å². The predicted octanol–water partition coefficient (Wildman–Crippen LogP) is 2.21. The minimum absolute atomic E-state index is 0.246. The Morgan fingerprint density at radius 2 is 2.12 bits per heavy atom. The quantitative estimate of drug-likeness (QED) is 0.825. The fourth-order valence-corrected chi connectivity index (χ4v) is 2.44. The van der Waals surface area contributed by atoms with Crippen LogP contribution in [0.4, 0.5) is 0 Å². The standard InChI is InChI=1S/C14H17N3/c1-2-10-3-5-11(6-4-10)13-14-12(7-8-15-13)16-9-17-14/h3-6,9,13,15H,2,7-8H2,1H3,(H,16,17). The van der Waals surface area contributed by atoms with Crippen molar-refractivity contribution in [1.82, 2.24) is 15.3 Å². The lowest BCUT2D eigenvalue weighted by Gasteiger charge is -2.23. The van der Waals surface area contributed by atoms with Crippen molar-refractivity contribution in [2.45, 2.75) is 25.8 Å². The number of H-pyrrole nitrogens is 1. The second kappa shape index (κ2) is 4.34. The van der Waals surface area contributed by atoms with Crippen LogP contribution in [-0.4, -0.2) is 16.5 Å². The van der Waals surface area contributed by atoms with Crippen molar-refractivity contribution in [2.24, 2.45) is 0 Å². The van der Waals surface area contributed by atoms with E-state index in [0.717, 1.165) is 25.1 Å². The molecule has 1 aliphatic rings. The third-order valence-electron chi connectivity index (χ3n) is 3.47. The van der Waals surface area contributed by atoms with Gasteiger partial charge in [0.1, 0.15) is 0 Å². The highest BCUT2D eigenvalue weighted by atomic mass is 15.0. The summed E-state index contributed by atoms with van der Waals surface area (Å²) in [5, 5.41) is 3.53. The zero-order valence-electron chi connectivity index (χ0n) is 10.0. The summed E-state index contributed by atoms with van der Waals surface area (Å²) in [5.41, 5.74) is 5.11. The van der Waals surface area contributed by atoms with E-state index in [4.69, 9.17) is 0 Å². The first-order valence-electron chi connectivity index (χ1n) is 6.23. The summed E-state index contributed by atoms with van der Waals surface area (Å²) in [6, 6.07) is 9.08. The van der Waals surface area contributed by atoms with E-state index in [9.17, 15) is 0 Å². The van der Waals surface area contributed by atoms with Crippen LogP contribution in [0.25, 0.3) is 0 Å². The molecule has 0 bridgehead atoms. The van der Waals surface area contributed by atoms with E-state index in [-0.39, 0.29) is 6.04 Å². The second-order valence-electron chi connectivity index (χ2n) is 4.50. The molecule has 2 aromatic rings. The van der Waals surface area contributed by atoms with E-state index < -0.39 is 0 Å². The summed E-state index contributed by atoms with van der Waals surface area (Å²) >= 11 is 0. The summed E-state index contributed by atoms with van der Waals surface area (Å²) in [5.74, 6) is 0. The number of hydrogen-bond donors (Lipinski definition) is 2. The molecule has 0 fully saturated rings. The van der Waals surface area contributed by atoms with E-state index in [1.54, 1.807) is 6.33 Å². The van der Waals surface area contributed by atoms with Crippen LogP contribution in [0.3, 0.4) is 0 Å². The minimum Gasteiger partial charge on any atom is -0.348 e. The molecular formula is C14H17N3. The average Bonchev–Trinajstić information content (AvgIpc) is 2.87. The maximum Gasteiger partial charge on any atom is 0.0926 e. The van der Waals surface area contributed by atoms with Crippen molar-refractivity contribution in [3.8, 4) is 0 Å². The minimum atomic E-state index is 0.246. The molecule has 0 aliphatic carbocycles. The van der Waals surface area contributed by atoms with Gasteiger partial charge < -0.3 is 10.3 Å². The predicted molar refractivity (Wildman–Crippen MR) is 68.0 cm³/mol. The first kappa shape index (κ1) is 10.5. The van der Waals surface area contributed by atoms with Crippen molar-refractivity contribution >= 4 is 0 Å². The zero-order valence-corrected chi connectivity index (χ0v) is 10.0. The second-order valence-corrected chi connectivity index (χ2v) is 4.50. The van der Waals surface area contributed by atoms with E-state index in [1.165, 1.54) is 16.8 Å². The fraction of sp³-hybridized carbons (Fsp3) is 0.357. The van der Waals surface area contributed by atoms with Crippen molar-refractivity contribution in [3.63, 3.8) is 0 Å². The Morgan fingerprint density at radius 3 is 2.88 bits per heavy atom. The normalized spacial score (nSPS) is 19.0. The zero-order chi connectivity index (χ0) is 11.7. The van der Waals surface area contributed by atoms with Crippen LogP contribution >= 0.6 is 0 Å². The van der Waals surface area contributed by atoms with E-state index in [0.29, 0.717) is 0 Å². The Balaban J connectivity index is 1.95. The molecular weight excluding hydrogens is 210 g/mol. The highest BCUT2D eigenvalue weighted by Gasteiger charge is 2.23. The smallest absolute Gasteiger partial charge is 0.0926 e. The molecule has 0 radical (unpaired) electrons. The van der Waals surface area contributed by atoms with Gasteiger partial charge in [0.15, 0.2) is 0 Å². The molecule has 0 saturated carbocycles. The molecule has 1 aromatic carbocycles. The topological polar surface area (TPSA) is 40.7 Å². The van der Waals surface area contributed by atoms with Crippen LogP contribution in [0.1, 0.15) is 35.5 Å². The number of hydrogen-bond acceptors (Lipinski definition) is 2. The average molecular weight is 227 g/mol. The molecule has 0 spiro atoms. The van der Waals surface area contributed by atoms with Crippen LogP contribution in [0, 0.1) is 0 Å². The molecule has 88 valence electrons. The largest absolute Gasteiger partial charge is 0.348 e. The maximum absolute atomic E-state index is 4.44. The molecule has 3 heteroatoms. The Hall–Kier alpha value is -1.61. The van der Waals surface area contributed by atoms with Gasteiger partial charge in [0.2, 0.25) is 0 Å². The molecule has 2 heterocycles. The molecule has 1 unspecified atom stereocenters. The summed E-state index contributed by atoms with van der Waals surface area (Å²) in [7, 11) is 0. The number of imidazole rings is 1. The van der Waals surface area contributed by atoms with Gasteiger partial charge in [0.05, 0.1) is 18.1 Å². The van der Waals surface area contributed by atoms with Gasteiger partial charge in [-0.15, -0.1) is 0 Å². The number of benzene rings is 1. The third kappa shape index (κ3) is 1.87. The number of nitrogens with zero attached hydrogens (tertiary/aromatic N) is 1. The molecule has 0 saturated heterocycles. The number of aromatic nitrogens is 2. The number of nitrogens with one attached hydrogen (secondary N) is 2. The molecule has 1 aliphatic heterocycles. The Labute approximate surface area is 101 Å². The number of aromatic amines is 1. The van der Waals surface area contributed by atoms with Gasteiger partial charge in [0.25, 0.3) is 0 Å². The van der Waals surface area contributed by atoms with Gasteiger partial charge >= 0.3 is 0 Å². The van der Waals surface area contributed by atoms with E-state index in [2.05, 4.69) is 46.5 Å². The van der Waals surface area contributed by atoms with Crippen LogP contribution in [-0.2, 0) is 12.8 Å². The van der Waals surface area contributed by atoms with Gasteiger partial charge in [0, 0.05) is 18.7 Å². The SMILES string of the molecule is CCc1ccc(C2NCCc3[nH]cnc32)cc1. The molecule has 17 heavy (non-hydrogen) atoms. The molecule has 1 aromatic heterocycles. The molecule has 3 rings (SSSR count). The molecule has 2 N–H and O–H groups in total. The molecule has 1 atom stereocenters. The van der Waals surface area contributed by atoms with E-state index in [1.807, 2.05) is 0 Å².